The lowest BCUT2D eigenvalue weighted by atomic mass is 10.1. The molecule has 0 aliphatic carbocycles. The smallest absolute Gasteiger partial charge is 0.289 e. The van der Waals surface area contributed by atoms with Crippen LogP contribution in [0.3, 0.4) is 0 Å². The van der Waals surface area contributed by atoms with Gasteiger partial charge >= 0.3 is 0 Å². The van der Waals surface area contributed by atoms with Gasteiger partial charge in [-0.25, -0.2) is 5.01 Å². The quantitative estimate of drug-likeness (QED) is 0.891. The van der Waals surface area contributed by atoms with Crippen LogP contribution in [0.15, 0.2) is 65.4 Å². The molecule has 0 unspecified atom stereocenters. The molecule has 3 heterocycles. The molecular formula is C20H22N4O3. The van der Waals surface area contributed by atoms with Crippen molar-refractivity contribution >= 4 is 11.8 Å². The summed E-state index contributed by atoms with van der Waals surface area (Å²) in [4.78, 5) is 29.0. The normalized spacial score (nSPS) is 19.9. The lowest BCUT2D eigenvalue weighted by molar-refractivity contribution is -0.136. The Morgan fingerprint density at radius 3 is 2.52 bits per heavy atom. The number of nitrogens with zero attached hydrogens (tertiary/aromatic N) is 3. The highest BCUT2D eigenvalue weighted by molar-refractivity contribution is 5.91. The minimum atomic E-state index is -0.0967. The molecule has 0 saturated carbocycles. The van der Waals surface area contributed by atoms with Gasteiger partial charge in [0, 0.05) is 32.4 Å². The van der Waals surface area contributed by atoms with Gasteiger partial charge in [-0.05, 0) is 23.8 Å². The number of rotatable bonds is 4. The van der Waals surface area contributed by atoms with E-state index in [0.717, 1.165) is 5.56 Å². The van der Waals surface area contributed by atoms with Gasteiger partial charge in [-0.1, -0.05) is 30.3 Å². The highest BCUT2D eigenvalue weighted by Crippen LogP contribution is 2.24. The Morgan fingerprint density at radius 1 is 1.04 bits per heavy atom. The number of furan rings is 1. The zero-order chi connectivity index (χ0) is 18.6. The van der Waals surface area contributed by atoms with Crippen LogP contribution in [0.5, 0.6) is 0 Å². The van der Waals surface area contributed by atoms with Crippen LogP contribution in [0, 0.1) is 0 Å². The van der Waals surface area contributed by atoms with E-state index in [4.69, 9.17) is 4.42 Å². The Hall–Kier alpha value is -3.06. The van der Waals surface area contributed by atoms with Crippen molar-refractivity contribution in [2.75, 3.05) is 32.7 Å². The molecule has 140 valence electrons. The lowest BCUT2D eigenvalue weighted by Crippen LogP contribution is -2.52. The minimum Gasteiger partial charge on any atom is -0.459 e. The first-order valence-corrected chi connectivity index (χ1v) is 9.07. The summed E-state index contributed by atoms with van der Waals surface area (Å²) >= 11 is 0. The topological polar surface area (TPSA) is 69.0 Å². The lowest BCUT2D eigenvalue weighted by Gasteiger charge is -2.35. The maximum atomic E-state index is 12.8. The molecule has 2 aliphatic rings. The van der Waals surface area contributed by atoms with Crippen molar-refractivity contribution in [1.82, 2.24) is 20.2 Å². The van der Waals surface area contributed by atoms with Crippen LogP contribution < -0.4 is 5.43 Å². The fraction of sp³-hybridized carbons (Fsp3) is 0.300. The number of hydrazine groups is 1. The van der Waals surface area contributed by atoms with Crippen LogP contribution >= 0.6 is 0 Å². The maximum Gasteiger partial charge on any atom is 0.289 e. The van der Waals surface area contributed by atoms with Crippen LogP contribution in [0.4, 0.5) is 0 Å². The monoisotopic (exact) mass is 366 g/mol. The largest absolute Gasteiger partial charge is 0.459 e. The second-order valence-electron chi connectivity index (χ2n) is 6.65. The molecular weight excluding hydrogens is 344 g/mol. The minimum absolute atomic E-state index is 0.0136. The summed E-state index contributed by atoms with van der Waals surface area (Å²) in [5, 5.41) is 1.66. The van der Waals surface area contributed by atoms with E-state index >= 15 is 0 Å². The number of piperazine rings is 1. The molecule has 2 aromatic rings. The number of hydrogen-bond acceptors (Lipinski definition) is 5. The van der Waals surface area contributed by atoms with E-state index in [0.29, 0.717) is 38.5 Å². The molecule has 27 heavy (non-hydrogen) atoms. The number of benzene rings is 1. The molecule has 2 amide bonds. The Labute approximate surface area is 157 Å². The third kappa shape index (κ3) is 3.73. The van der Waals surface area contributed by atoms with E-state index in [-0.39, 0.29) is 17.9 Å². The molecule has 1 fully saturated rings. The maximum absolute atomic E-state index is 12.8. The molecule has 0 radical (unpaired) electrons. The van der Waals surface area contributed by atoms with Gasteiger partial charge in [0.25, 0.3) is 11.8 Å². The molecule has 0 bridgehead atoms. The van der Waals surface area contributed by atoms with Gasteiger partial charge in [-0.15, -0.1) is 0 Å². The first-order valence-electron chi connectivity index (χ1n) is 9.07. The van der Waals surface area contributed by atoms with Gasteiger partial charge in [0.2, 0.25) is 0 Å². The fourth-order valence-electron chi connectivity index (χ4n) is 3.45. The fourth-order valence-corrected chi connectivity index (χ4v) is 3.45. The number of hydrogen-bond donors (Lipinski definition) is 1. The zero-order valence-corrected chi connectivity index (χ0v) is 15.0. The Kier molecular flexibility index (Phi) is 4.93. The summed E-state index contributed by atoms with van der Waals surface area (Å²) in [5.41, 5.74) is 4.11. The van der Waals surface area contributed by atoms with Gasteiger partial charge in [0.05, 0.1) is 18.8 Å². The standard InChI is InChI=1S/C20H22N4O3/c25-19(24-17(8-9-21-24)16-5-2-1-3-6-16)15-22-10-12-23(13-11-22)20(26)18-7-4-14-27-18/h1-9,14,17,21H,10-13,15H2/t17-/m1/s1. The van der Waals surface area contributed by atoms with Gasteiger partial charge < -0.3 is 14.7 Å². The summed E-state index contributed by atoms with van der Waals surface area (Å²) in [7, 11) is 0. The van der Waals surface area contributed by atoms with E-state index < -0.39 is 0 Å². The van der Waals surface area contributed by atoms with Crippen LogP contribution in [-0.2, 0) is 4.79 Å². The summed E-state index contributed by atoms with van der Waals surface area (Å²) in [6.45, 7) is 2.81. The van der Waals surface area contributed by atoms with E-state index in [1.807, 2.05) is 36.4 Å². The summed E-state index contributed by atoms with van der Waals surface area (Å²) in [6, 6.07) is 13.2. The van der Waals surface area contributed by atoms with Gasteiger partial charge in [-0.3, -0.25) is 14.5 Å². The average Bonchev–Trinajstić information content (AvgIpc) is 3.41. The van der Waals surface area contributed by atoms with Crippen LogP contribution in [0.25, 0.3) is 0 Å². The number of carbonyl (C=O) groups is 2. The summed E-state index contributed by atoms with van der Waals surface area (Å²) < 4.78 is 5.18. The van der Waals surface area contributed by atoms with Gasteiger partial charge in [0.15, 0.2) is 5.76 Å². The van der Waals surface area contributed by atoms with E-state index in [1.54, 1.807) is 28.2 Å². The molecule has 1 aromatic heterocycles. The van der Waals surface area contributed by atoms with E-state index in [2.05, 4.69) is 10.3 Å². The number of amides is 2. The second-order valence-corrected chi connectivity index (χ2v) is 6.65. The molecule has 1 saturated heterocycles. The average molecular weight is 366 g/mol. The Morgan fingerprint density at radius 2 is 1.81 bits per heavy atom. The van der Waals surface area contributed by atoms with Crippen molar-refractivity contribution in [3.63, 3.8) is 0 Å². The summed E-state index contributed by atoms with van der Waals surface area (Å²) in [5.74, 6) is 0.276. The Balaban J connectivity index is 1.31. The predicted octanol–water partition coefficient (Wildman–Crippen LogP) is 1.64. The second kappa shape index (κ2) is 7.67. The number of carbonyl (C=O) groups excluding carboxylic acids is 2. The zero-order valence-electron chi connectivity index (χ0n) is 15.0. The number of nitrogens with one attached hydrogen (secondary N) is 1. The SMILES string of the molecule is O=C(c1ccco1)N1CCN(CC(=O)N2NC=C[C@@H]2c2ccccc2)CC1. The van der Waals surface area contributed by atoms with Gasteiger partial charge in [-0.2, -0.15) is 0 Å². The van der Waals surface area contributed by atoms with Crippen molar-refractivity contribution in [2.45, 2.75) is 6.04 Å². The molecule has 4 rings (SSSR count). The molecule has 0 spiro atoms. The molecule has 7 heteroatoms. The van der Waals surface area contributed by atoms with E-state index in [1.165, 1.54) is 6.26 Å². The van der Waals surface area contributed by atoms with E-state index in [9.17, 15) is 9.59 Å². The van der Waals surface area contributed by atoms with Gasteiger partial charge in [0.1, 0.15) is 0 Å². The highest BCUT2D eigenvalue weighted by Gasteiger charge is 2.29. The molecule has 2 aliphatic heterocycles. The van der Waals surface area contributed by atoms with Crippen LogP contribution in [-0.4, -0.2) is 59.3 Å². The van der Waals surface area contributed by atoms with Crippen molar-refractivity contribution in [3.8, 4) is 0 Å². The van der Waals surface area contributed by atoms with Crippen molar-refractivity contribution in [3.05, 3.63) is 72.3 Å². The van der Waals surface area contributed by atoms with Crippen molar-refractivity contribution < 1.29 is 14.0 Å². The summed E-state index contributed by atoms with van der Waals surface area (Å²) in [6.07, 6.45) is 5.28. The molecule has 1 aromatic carbocycles. The van der Waals surface area contributed by atoms with Crippen LogP contribution in [0.2, 0.25) is 0 Å². The first kappa shape index (κ1) is 17.4. The highest BCUT2D eigenvalue weighted by atomic mass is 16.3. The van der Waals surface area contributed by atoms with Crippen LogP contribution in [0.1, 0.15) is 22.2 Å². The molecule has 7 nitrogen and oxygen atoms in total. The first-order chi connectivity index (χ1) is 13.2. The molecule has 1 N–H and O–H groups in total. The molecule has 1 atom stereocenters. The third-order valence-electron chi connectivity index (χ3n) is 4.93. The van der Waals surface area contributed by atoms with Crippen molar-refractivity contribution in [1.29, 1.82) is 0 Å². The van der Waals surface area contributed by atoms with Crippen molar-refractivity contribution in [2.24, 2.45) is 0 Å². The third-order valence-corrected chi connectivity index (χ3v) is 4.93. The predicted molar refractivity (Wildman–Crippen MR) is 99.4 cm³/mol. The Bertz CT molecular complexity index is 811.